The maximum atomic E-state index is 5.98. The topological polar surface area (TPSA) is 37.8 Å². The van der Waals surface area contributed by atoms with E-state index in [2.05, 4.69) is 22.2 Å². The molecule has 1 aliphatic carbocycles. The lowest BCUT2D eigenvalue weighted by atomic mass is 10.1. The first-order valence-corrected chi connectivity index (χ1v) is 6.79. The van der Waals surface area contributed by atoms with Gasteiger partial charge in [0, 0.05) is 11.4 Å². The van der Waals surface area contributed by atoms with E-state index in [9.17, 15) is 0 Å². The largest absolute Gasteiger partial charge is 0.367 e. The molecule has 0 spiro atoms. The van der Waals surface area contributed by atoms with Gasteiger partial charge in [0.2, 0.25) is 5.28 Å². The smallest absolute Gasteiger partial charge is 0.224 e. The van der Waals surface area contributed by atoms with Gasteiger partial charge in [-0.05, 0) is 48.9 Å². The predicted molar refractivity (Wildman–Crippen MR) is 75.0 cm³/mol. The van der Waals surface area contributed by atoms with Gasteiger partial charge in [-0.3, -0.25) is 0 Å². The molecule has 94 valence electrons. The van der Waals surface area contributed by atoms with Gasteiger partial charge in [0.05, 0.1) is 5.52 Å². The van der Waals surface area contributed by atoms with E-state index in [0.717, 1.165) is 22.6 Å². The quantitative estimate of drug-likeness (QED) is 0.834. The first-order valence-electron chi connectivity index (χ1n) is 6.41. The summed E-state index contributed by atoms with van der Waals surface area (Å²) >= 11 is 5.98. The number of rotatable bonds is 2. The lowest BCUT2D eigenvalue weighted by Gasteiger charge is -2.14. The highest BCUT2D eigenvalue weighted by Crippen LogP contribution is 2.29. The molecule has 1 aromatic heterocycles. The summed E-state index contributed by atoms with van der Waals surface area (Å²) in [5, 5.41) is 4.87. The number of halogens is 1. The molecule has 18 heavy (non-hydrogen) atoms. The van der Waals surface area contributed by atoms with Crippen LogP contribution in [-0.2, 0) is 0 Å². The van der Waals surface area contributed by atoms with Crippen molar-refractivity contribution in [3.63, 3.8) is 0 Å². The highest BCUT2D eigenvalue weighted by molar-refractivity contribution is 6.28. The molecular formula is C14H16ClN3. The van der Waals surface area contributed by atoms with Crippen LogP contribution in [0.4, 0.5) is 5.82 Å². The van der Waals surface area contributed by atoms with Crippen molar-refractivity contribution in [2.24, 2.45) is 5.92 Å². The summed E-state index contributed by atoms with van der Waals surface area (Å²) in [5.74, 6) is 1.66. The Morgan fingerprint density at radius 1 is 1.22 bits per heavy atom. The van der Waals surface area contributed by atoms with Crippen molar-refractivity contribution >= 4 is 28.3 Å². The molecule has 0 amide bonds. The van der Waals surface area contributed by atoms with Crippen LogP contribution in [-0.4, -0.2) is 16.0 Å². The molecule has 0 aliphatic heterocycles. The van der Waals surface area contributed by atoms with Gasteiger partial charge in [-0.2, -0.15) is 0 Å². The van der Waals surface area contributed by atoms with Crippen LogP contribution in [0.1, 0.15) is 26.2 Å². The van der Waals surface area contributed by atoms with Crippen molar-refractivity contribution in [3.05, 3.63) is 29.5 Å². The summed E-state index contributed by atoms with van der Waals surface area (Å²) in [4.78, 5) is 8.57. The van der Waals surface area contributed by atoms with Crippen molar-refractivity contribution in [1.29, 1.82) is 0 Å². The van der Waals surface area contributed by atoms with Crippen LogP contribution in [0.5, 0.6) is 0 Å². The van der Waals surface area contributed by atoms with E-state index in [0.29, 0.717) is 11.3 Å². The van der Waals surface area contributed by atoms with Crippen LogP contribution in [0, 0.1) is 5.92 Å². The SMILES string of the molecule is CC1CCC(Nc2nc(Cl)nc3ccccc23)C1. The summed E-state index contributed by atoms with van der Waals surface area (Å²) in [6.07, 6.45) is 3.70. The van der Waals surface area contributed by atoms with Crippen LogP contribution >= 0.6 is 11.6 Å². The third kappa shape index (κ3) is 2.27. The van der Waals surface area contributed by atoms with Crippen molar-refractivity contribution in [2.45, 2.75) is 32.2 Å². The number of fused-ring (bicyclic) bond motifs is 1. The summed E-state index contributed by atoms with van der Waals surface area (Å²) in [5.41, 5.74) is 0.894. The zero-order valence-electron chi connectivity index (χ0n) is 10.4. The number of nitrogens with zero attached hydrogens (tertiary/aromatic N) is 2. The Balaban J connectivity index is 1.95. The number of nitrogens with one attached hydrogen (secondary N) is 1. The zero-order valence-corrected chi connectivity index (χ0v) is 11.1. The van der Waals surface area contributed by atoms with E-state index in [4.69, 9.17) is 11.6 Å². The van der Waals surface area contributed by atoms with E-state index in [1.165, 1.54) is 19.3 Å². The molecule has 1 aromatic carbocycles. The Hall–Kier alpha value is -1.35. The number of hydrogen-bond donors (Lipinski definition) is 1. The summed E-state index contributed by atoms with van der Waals surface area (Å²) in [6, 6.07) is 8.47. The van der Waals surface area contributed by atoms with Crippen molar-refractivity contribution in [3.8, 4) is 0 Å². The molecule has 3 rings (SSSR count). The van der Waals surface area contributed by atoms with E-state index in [1.54, 1.807) is 0 Å². The fraction of sp³-hybridized carbons (Fsp3) is 0.429. The Kier molecular flexibility index (Phi) is 3.08. The van der Waals surface area contributed by atoms with Crippen LogP contribution in [0.3, 0.4) is 0 Å². The molecule has 1 aliphatic rings. The molecule has 0 saturated heterocycles. The molecule has 1 N–H and O–H groups in total. The molecule has 1 fully saturated rings. The third-order valence-corrected chi connectivity index (χ3v) is 3.78. The third-order valence-electron chi connectivity index (χ3n) is 3.61. The Labute approximate surface area is 112 Å². The second-order valence-electron chi connectivity index (χ2n) is 5.12. The first-order chi connectivity index (χ1) is 8.72. The van der Waals surface area contributed by atoms with Crippen molar-refractivity contribution in [2.75, 3.05) is 5.32 Å². The molecule has 1 saturated carbocycles. The van der Waals surface area contributed by atoms with Crippen LogP contribution in [0.25, 0.3) is 10.9 Å². The molecule has 3 nitrogen and oxygen atoms in total. The minimum absolute atomic E-state index is 0.308. The zero-order chi connectivity index (χ0) is 12.5. The molecular weight excluding hydrogens is 246 g/mol. The van der Waals surface area contributed by atoms with Crippen molar-refractivity contribution in [1.82, 2.24) is 9.97 Å². The van der Waals surface area contributed by atoms with Gasteiger partial charge < -0.3 is 5.32 Å². The highest BCUT2D eigenvalue weighted by Gasteiger charge is 2.22. The van der Waals surface area contributed by atoms with Crippen LogP contribution in [0.2, 0.25) is 5.28 Å². The molecule has 2 aromatic rings. The fourth-order valence-electron chi connectivity index (χ4n) is 2.69. The minimum atomic E-state index is 0.308. The monoisotopic (exact) mass is 261 g/mol. The van der Waals surface area contributed by atoms with Gasteiger partial charge >= 0.3 is 0 Å². The number of aromatic nitrogens is 2. The Morgan fingerprint density at radius 2 is 2.06 bits per heavy atom. The van der Waals surface area contributed by atoms with Gasteiger partial charge in [-0.25, -0.2) is 9.97 Å². The molecule has 4 heteroatoms. The molecule has 2 unspecified atom stereocenters. The van der Waals surface area contributed by atoms with Crippen LogP contribution < -0.4 is 5.32 Å². The average Bonchev–Trinajstić information content (AvgIpc) is 2.74. The predicted octanol–water partition coefficient (Wildman–Crippen LogP) is 3.88. The molecule has 2 atom stereocenters. The number of benzene rings is 1. The number of hydrogen-bond acceptors (Lipinski definition) is 3. The van der Waals surface area contributed by atoms with E-state index >= 15 is 0 Å². The highest BCUT2D eigenvalue weighted by atomic mass is 35.5. The number of para-hydroxylation sites is 1. The average molecular weight is 262 g/mol. The molecule has 0 radical (unpaired) electrons. The normalized spacial score (nSPS) is 23.4. The van der Waals surface area contributed by atoms with Crippen molar-refractivity contribution < 1.29 is 0 Å². The summed E-state index contributed by atoms with van der Waals surface area (Å²) in [6.45, 7) is 2.30. The van der Waals surface area contributed by atoms with E-state index in [-0.39, 0.29) is 0 Å². The second kappa shape index (κ2) is 4.73. The Bertz CT molecular complexity index is 570. The molecule has 0 bridgehead atoms. The lowest BCUT2D eigenvalue weighted by molar-refractivity contribution is 0.602. The minimum Gasteiger partial charge on any atom is -0.367 e. The summed E-state index contributed by atoms with van der Waals surface area (Å²) < 4.78 is 0. The standard InChI is InChI=1S/C14H16ClN3/c1-9-6-7-10(8-9)16-13-11-4-2-3-5-12(11)17-14(15)18-13/h2-5,9-10H,6-8H2,1H3,(H,16,17,18). The van der Waals surface area contributed by atoms with Gasteiger partial charge in [0.15, 0.2) is 0 Å². The molecule has 1 heterocycles. The maximum Gasteiger partial charge on any atom is 0.224 e. The van der Waals surface area contributed by atoms with Gasteiger partial charge in [-0.1, -0.05) is 19.1 Å². The first kappa shape index (κ1) is 11.7. The summed E-state index contributed by atoms with van der Waals surface area (Å²) in [7, 11) is 0. The fourth-order valence-corrected chi connectivity index (χ4v) is 2.87. The van der Waals surface area contributed by atoms with E-state index < -0.39 is 0 Å². The van der Waals surface area contributed by atoms with Gasteiger partial charge in [0.1, 0.15) is 5.82 Å². The van der Waals surface area contributed by atoms with Crippen LogP contribution in [0.15, 0.2) is 24.3 Å². The van der Waals surface area contributed by atoms with E-state index in [1.807, 2.05) is 24.3 Å². The lowest BCUT2D eigenvalue weighted by Crippen LogP contribution is -2.16. The van der Waals surface area contributed by atoms with Gasteiger partial charge in [0.25, 0.3) is 0 Å². The number of anilines is 1. The van der Waals surface area contributed by atoms with Gasteiger partial charge in [-0.15, -0.1) is 0 Å². The second-order valence-corrected chi connectivity index (χ2v) is 5.46. The maximum absolute atomic E-state index is 5.98. The Morgan fingerprint density at radius 3 is 2.83 bits per heavy atom.